The van der Waals surface area contributed by atoms with Gasteiger partial charge in [-0.15, -0.1) is 24.0 Å². The average molecular weight is 425 g/mol. The zero-order valence-corrected chi connectivity index (χ0v) is 16.2. The van der Waals surface area contributed by atoms with Crippen LogP contribution in [0.1, 0.15) is 19.4 Å². The van der Waals surface area contributed by atoms with Crippen molar-refractivity contribution in [3.05, 3.63) is 35.6 Å². The van der Waals surface area contributed by atoms with Crippen LogP contribution in [0.25, 0.3) is 0 Å². The molecule has 0 fully saturated rings. The van der Waals surface area contributed by atoms with E-state index in [4.69, 9.17) is 0 Å². The second-order valence-corrected chi connectivity index (χ2v) is 6.23. The van der Waals surface area contributed by atoms with Crippen LogP contribution in [0.4, 0.5) is 4.39 Å². The Balaban J connectivity index is 0.00000400. The minimum Gasteiger partial charge on any atom is -0.356 e. The topological polar surface area (TPSA) is 36.4 Å². The lowest BCUT2D eigenvalue weighted by molar-refractivity contribution is 0.503. The fourth-order valence-corrected chi connectivity index (χ4v) is 2.11. The van der Waals surface area contributed by atoms with Crippen molar-refractivity contribution in [2.45, 2.75) is 19.3 Å². The SMILES string of the molecule is CN=C(NCCSC)NCC(C)(C)c1cccc(F)c1.I. The molecule has 0 unspecified atom stereocenters. The number of hydrogen-bond donors (Lipinski definition) is 2. The fraction of sp³-hybridized carbons (Fsp3) is 0.533. The highest BCUT2D eigenvalue weighted by atomic mass is 127. The molecule has 2 N–H and O–H groups in total. The molecule has 0 saturated carbocycles. The Bertz CT molecular complexity index is 452. The zero-order valence-electron chi connectivity index (χ0n) is 13.1. The van der Waals surface area contributed by atoms with E-state index in [-0.39, 0.29) is 35.2 Å². The van der Waals surface area contributed by atoms with E-state index >= 15 is 0 Å². The molecule has 0 saturated heterocycles. The first-order valence-electron chi connectivity index (χ1n) is 6.69. The van der Waals surface area contributed by atoms with Crippen molar-refractivity contribution < 1.29 is 4.39 Å². The summed E-state index contributed by atoms with van der Waals surface area (Å²) < 4.78 is 13.3. The average Bonchev–Trinajstić information content (AvgIpc) is 2.42. The van der Waals surface area contributed by atoms with Gasteiger partial charge in [0.1, 0.15) is 5.82 Å². The molecule has 0 spiro atoms. The minimum atomic E-state index is -0.196. The van der Waals surface area contributed by atoms with E-state index in [0.29, 0.717) is 6.54 Å². The van der Waals surface area contributed by atoms with Gasteiger partial charge in [-0.1, -0.05) is 26.0 Å². The first-order valence-corrected chi connectivity index (χ1v) is 8.08. The second-order valence-electron chi connectivity index (χ2n) is 5.24. The third-order valence-corrected chi connectivity index (χ3v) is 3.74. The molecule has 1 aromatic rings. The van der Waals surface area contributed by atoms with Crippen molar-refractivity contribution in [2.24, 2.45) is 4.99 Å². The molecular formula is C15H25FIN3S. The van der Waals surface area contributed by atoms with Gasteiger partial charge in [-0.3, -0.25) is 4.99 Å². The fourth-order valence-electron chi connectivity index (χ4n) is 1.81. The molecule has 0 atom stereocenters. The smallest absolute Gasteiger partial charge is 0.191 e. The number of thioether (sulfide) groups is 1. The van der Waals surface area contributed by atoms with Gasteiger partial charge in [0.25, 0.3) is 0 Å². The summed E-state index contributed by atoms with van der Waals surface area (Å²) in [5, 5.41) is 6.54. The molecule has 3 nitrogen and oxygen atoms in total. The summed E-state index contributed by atoms with van der Waals surface area (Å²) in [5.74, 6) is 1.62. The van der Waals surface area contributed by atoms with Gasteiger partial charge < -0.3 is 10.6 Å². The molecule has 120 valence electrons. The van der Waals surface area contributed by atoms with Crippen LogP contribution in [0.2, 0.25) is 0 Å². The summed E-state index contributed by atoms with van der Waals surface area (Å²) >= 11 is 1.79. The molecule has 6 heteroatoms. The summed E-state index contributed by atoms with van der Waals surface area (Å²) in [6.07, 6.45) is 2.07. The van der Waals surface area contributed by atoms with Crippen LogP contribution in [0.15, 0.2) is 29.3 Å². The summed E-state index contributed by atoms with van der Waals surface area (Å²) in [7, 11) is 1.75. The highest BCUT2D eigenvalue weighted by Gasteiger charge is 2.21. The number of aliphatic imine (C=N–C) groups is 1. The lowest BCUT2D eigenvalue weighted by Crippen LogP contribution is -2.44. The van der Waals surface area contributed by atoms with Crippen LogP contribution in [0.3, 0.4) is 0 Å². The molecule has 0 aliphatic heterocycles. The van der Waals surface area contributed by atoms with Gasteiger partial charge in [0.2, 0.25) is 0 Å². The van der Waals surface area contributed by atoms with E-state index in [1.54, 1.807) is 30.9 Å². The van der Waals surface area contributed by atoms with Crippen LogP contribution >= 0.6 is 35.7 Å². The Hall–Kier alpha value is -0.500. The lowest BCUT2D eigenvalue weighted by atomic mass is 9.84. The largest absolute Gasteiger partial charge is 0.356 e. The first kappa shape index (κ1) is 20.5. The number of benzene rings is 1. The molecule has 1 aromatic carbocycles. The monoisotopic (exact) mass is 425 g/mol. The van der Waals surface area contributed by atoms with Gasteiger partial charge >= 0.3 is 0 Å². The third-order valence-electron chi connectivity index (χ3n) is 3.13. The third kappa shape index (κ3) is 7.35. The van der Waals surface area contributed by atoms with Gasteiger partial charge in [-0.2, -0.15) is 11.8 Å². The van der Waals surface area contributed by atoms with Crippen LogP contribution in [0, 0.1) is 5.82 Å². The van der Waals surface area contributed by atoms with E-state index in [0.717, 1.165) is 23.8 Å². The number of rotatable bonds is 6. The zero-order chi connectivity index (χ0) is 15.0. The molecule has 1 rings (SSSR count). The highest BCUT2D eigenvalue weighted by molar-refractivity contribution is 14.0. The van der Waals surface area contributed by atoms with Crippen LogP contribution in [-0.2, 0) is 5.41 Å². The van der Waals surface area contributed by atoms with E-state index in [2.05, 4.69) is 35.7 Å². The summed E-state index contributed by atoms with van der Waals surface area (Å²) in [5.41, 5.74) is 0.809. The summed E-state index contributed by atoms with van der Waals surface area (Å²) in [6.45, 7) is 5.74. The molecule has 0 aromatic heterocycles. The highest BCUT2D eigenvalue weighted by Crippen LogP contribution is 2.22. The Labute approximate surface area is 148 Å². The van der Waals surface area contributed by atoms with Crippen LogP contribution in [-0.4, -0.2) is 38.1 Å². The van der Waals surface area contributed by atoms with Gasteiger partial charge in [0, 0.05) is 31.3 Å². The van der Waals surface area contributed by atoms with E-state index in [1.807, 2.05) is 6.07 Å². The Morgan fingerprint density at radius 1 is 1.33 bits per heavy atom. The molecule has 0 aliphatic rings. The van der Waals surface area contributed by atoms with E-state index < -0.39 is 0 Å². The molecule has 0 aliphatic carbocycles. The predicted molar refractivity (Wildman–Crippen MR) is 103 cm³/mol. The molecule has 21 heavy (non-hydrogen) atoms. The number of guanidine groups is 1. The maximum atomic E-state index is 13.3. The minimum absolute atomic E-state index is 0. The van der Waals surface area contributed by atoms with E-state index in [1.165, 1.54) is 6.07 Å². The number of nitrogens with zero attached hydrogens (tertiary/aromatic N) is 1. The number of nitrogens with one attached hydrogen (secondary N) is 2. The van der Waals surface area contributed by atoms with Crippen molar-refractivity contribution in [1.82, 2.24) is 10.6 Å². The maximum Gasteiger partial charge on any atom is 0.191 e. The van der Waals surface area contributed by atoms with Crippen LogP contribution < -0.4 is 10.6 Å². The molecule has 0 amide bonds. The van der Waals surface area contributed by atoms with Crippen molar-refractivity contribution in [2.75, 3.05) is 32.1 Å². The van der Waals surface area contributed by atoms with E-state index in [9.17, 15) is 4.39 Å². The summed E-state index contributed by atoms with van der Waals surface area (Å²) in [6, 6.07) is 6.76. The van der Waals surface area contributed by atoms with Gasteiger partial charge in [0.15, 0.2) is 5.96 Å². The lowest BCUT2D eigenvalue weighted by Gasteiger charge is -2.26. The Morgan fingerprint density at radius 3 is 2.62 bits per heavy atom. The quantitative estimate of drug-likeness (QED) is 0.318. The normalized spacial score (nSPS) is 11.8. The molecule has 0 heterocycles. The van der Waals surface area contributed by atoms with Gasteiger partial charge in [-0.05, 0) is 24.0 Å². The number of halogens is 2. The first-order chi connectivity index (χ1) is 9.49. The standard InChI is InChI=1S/C15H24FN3S.HI/c1-15(2,12-6-5-7-13(16)10-12)11-19-14(17-3)18-8-9-20-4;/h5-7,10H,8-9,11H2,1-4H3,(H2,17,18,19);1H. The van der Waals surface area contributed by atoms with Crippen LogP contribution in [0.5, 0.6) is 0 Å². The Morgan fingerprint density at radius 2 is 2.05 bits per heavy atom. The maximum absolute atomic E-state index is 13.3. The number of hydrogen-bond acceptors (Lipinski definition) is 2. The van der Waals surface area contributed by atoms with Gasteiger partial charge in [0.05, 0.1) is 0 Å². The second kappa shape index (κ2) is 10.3. The van der Waals surface area contributed by atoms with Crippen molar-refractivity contribution in [1.29, 1.82) is 0 Å². The Kier molecular flexibility index (Phi) is 10.0. The van der Waals surface area contributed by atoms with Crippen molar-refractivity contribution >= 4 is 41.7 Å². The predicted octanol–water partition coefficient (Wildman–Crippen LogP) is 3.25. The van der Waals surface area contributed by atoms with Crippen molar-refractivity contribution in [3.8, 4) is 0 Å². The summed E-state index contributed by atoms with van der Waals surface area (Å²) in [4.78, 5) is 4.19. The van der Waals surface area contributed by atoms with Gasteiger partial charge in [-0.25, -0.2) is 4.39 Å². The van der Waals surface area contributed by atoms with Crippen molar-refractivity contribution in [3.63, 3.8) is 0 Å². The molecule has 0 bridgehead atoms. The molecular weight excluding hydrogens is 400 g/mol. The molecule has 0 radical (unpaired) electrons.